The van der Waals surface area contributed by atoms with Crippen molar-refractivity contribution < 1.29 is 4.79 Å². The maximum absolute atomic E-state index is 11.6. The number of aryl methyl sites for hydroxylation is 1. The lowest BCUT2D eigenvalue weighted by molar-refractivity contribution is -0.121. The van der Waals surface area contributed by atoms with Crippen molar-refractivity contribution in [3.8, 4) is 0 Å². The van der Waals surface area contributed by atoms with Gasteiger partial charge in [0, 0.05) is 19.5 Å². The molecule has 0 aromatic heterocycles. The van der Waals surface area contributed by atoms with Crippen LogP contribution < -0.4 is 10.6 Å². The summed E-state index contributed by atoms with van der Waals surface area (Å²) >= 11 is 0. The number of amides is 1. The highest BCUT2D eigenvalue weighted by Crippen LogP contribution is 2.01. The number of benzene rings is 1. The van der Waals surface area contributed by atoms with Crippen LogP contribution in [0.5, 0.6) is 0 Å². The monoisotopic (exact) mass is 262 g/mol. The van der Waals surface area contributed by atoms with Crippen LogP contribution in [0.4, 0.5) is 0 Å². The van der Waals surface area contributed by atoms with E-state index in [2.05, 4.69) is 36.6 Å². The van der Waals surface area contributed by atoms with Crippen molar-refractivity contribution in [2.75, 3.05) is 19.6 Å². The fourth-order valence-corrected chi connectivity index (χ4v) is 1.80. The van der Waals surface area contributed by atoms with Gasteiger partial charge in [0.1, 0.15) is 0 Å². The molecule has 0 unspecified atom stereocenters. The summed E-state index contributed by atoms with van der Waals surface area (Å²) in [5, 5.41) is 6.27. The molecular weight excluding hydrogens is 236 g/mol. The standard InChI is InChI=1S/C16H26N2O/c1-14(2)10-11-17-12-13-18-16(19)9-8-15-6-4-3-5-7-15/h3-7,14,17H,8-13H2,1-2H3,(H,18,19). The minimum Gasteiger partial charge on any atom is -0.355 e. The van der Waals surface area contributed by atoms with Gasteiger partial charge in [0.05, 0.1) is 0 Å². The SMILES string of the molecule is CC(C)CCNCCNC(=O)CCc1ccccc1. The minimum atomic E-state index is 0.134. The molecule has 0 bridgehead atoms. The van der Waals surface area contributed by atoms with Crippen molar-refractivity contribution in [3.63, 3.8) is 0 Å². The molecule has 106 valence electrons. The molecule has 1 aromatic carbocycles. The molecule has 0 aliphatic heterocycles. The lowest BCUT2D eigenvalue weighted by Gasteiger charge is -2.08. The number of nitrogens with one attached hydrogen (secondary N) is 2. The van der Waals surface area contributed by atoms with Gasteiger partial charge < -0.3 is 10.6 Å². The molecular formula is C16H26N2O. The smallest absolute Gasteiger partial charge is 0.220 e. The van der Waals surface area contributed by atoms with E-state index in [4.69, 9.17) is 0 Å². The first-order valence-electron chi connectivity index (χ1n) is 7.20. The van der Waals surface area contributed by atoms with Crippen LogP contribution in [-0.2, 0) is 11.2 Å². The largest absolute Gasteiger partial charge is 0.355 e. The number of carbonyl (C=O) groups excluding carboxylic acids is 1. The van der Waals surface area contributed by atoms with E-state index in [-0.39, 0.29) is 5.91 Å². The Kier molecular flexibility index (Phi) is 7.91. The Bertz CT molecular complexity index is 349. The van der Waals surface area contributed by atoms with Crippen LogP contribution in [0.2, 0.25) is 0 Å². The molecule has 0 radical (unpaired) electrons. The van der Waals surface area contributed by atoms with Gasteiger partial charge in [-0.2, -0.15) is 0 Å². The summed E-state index contributed by atoms with van der Waals surface area (Å²) in [6, 6.07) is 10.1. The van der Waals surface area contributed by atoms with Gasteiger partial charge in [0.15, 0.2) is 0 Å². The Hall–Kier alpha value is -1.35. The van der Waals surface area contributed by atoms with Crippen LogP contribution in [0.15, 0.2) is 30.3 Å². The summed E-state index contributed by atoms with van der Waals surface area (Å²) in [5.74, 6) is 0.863. The number of carbonyl (C=O) groups is 1. The normalized spacial score (nSPS) is 10.7. The highest BCUT2D eigenvalue weighted by Gasteiger charge is 2.01. The van der Waals surface area contributed by atoms with Crippen molar-refractivity contribution in [1.82, 2.24) is 10.6 Å². The second kappa shape index (κ2) is 9.56. The highest BCUT2D eigenvalue weighted by molar-refractivity contribution is 5.76. The Morgan fingerprint density at radius 2 is 1.84 bits per heavy atom. The first-order chi connectivity index (χ1) is 9.18. The summed E-state index contributed by atoms with van der Waals surface area (Å²) in [6.45, 7) is 7.02. The Morgan fingerprint density at radius 1 is 1.11 bits per heavy atom. The van der Waals surface area contributed by atoms with Gasteiger partial charge in [-0.3, -0.25) is 4.79 Å². The Balaban J connectivity index is 1.99. The molecule has 19 heavy (non-hydrogen) atoms. The molecule has 0 saturated carbocycles. The minimum absolute atomic E-state index is 0.134. The topological polar surface area (TPSA) is 41.1 Å². The number of rotatable bonds is 9. The van der Waals surface area contributed by atoms with Crippen LogP contribution in [0.1, 0.15) is 32.3 Å². The molecule has 0 aliphatic rings. The van der Waals surface area contributed by atoms with Crippen LogP contribution in [-0.4, -0.2) is 25.5 Å². The molecule has 3 heteroatoms. The lowest BCUT2D eigenvalue weighted by atomic mass is 10.1. The fourth-order valence-electron chi connectivity index (χ4n) is 1.80. The van der Waals surface area contributed by atoms with Gasteiger partial charge in [-0.25, -0.2) is 0 Å². The first-order valence-corrected chi connectivity index (χ1v) is 7.20. The summed E-state index contributed by atoms with van der Waals surface area (Å²) in [4.78, 5) is 11.6. The molecule has 0 saturated heterocycles. The average molecular weight is 262 g/mol. The van der Waals surface area contributed by atoms with Gasteiger partial charge >= 0.3 is 0 Å². The van der Waals surface area contributed by atoms with Crippen molar-refractivity contribution in [1.29, 1.82) is 0 Å². The molecule has 3 nitrogen and oxygen atoms in total. The third-order valence-corrected chi connectivity index (χ3v) is 3.01. The third kappa shape index (κ3) is 8.38. The van der Waals surface area contributed by atoms with Crippen molar-refractivity contribution in [2.45, 2.75) is 33.1 Å². The molecule has 2 N–H and O–H groups in total. The second-order valence-electron chi connectivity index (χ2n) is 5.27. The van der Waals surface area contributed by atoms with E-state index in [0.29, 0.717) is 13.0 Å². The van der Waals surface area contributed by atoms with Crippen LogP contribution in [0.3, 0.4) is 0 Å². The number of hydrogen-bond donors (Lipinski definition) is 2. The fraction of sp³-hybridized carbons (Fsp3) is 0.562. The van der Waals surface area contributed by atoms with E-state index < -0.39 is 0 Å². The van der Waals surface area contributed by atoms with Crippen LogP contribution >= 0.6 is 0 Å². The molecule has 0 heterocycles. The maximum Gasteiger partial charge on any atom is 0.220 e. The van der Waals surface area contributed by atoms with Gasteiger partial charge in [-0.05, 0) is 30.9 Å². The van der Waals surface area contributed by atoms with Crippen LogP contribution in [0, 0.1) is 5.92 Å². The van der Waals surface area contributed by atoms with E-state index in [1.165, 1.54) is 12.0 Å². The Morgan fingerprint density at radius 3 is 2.53 bits per heavy atom. The maximum atomic E-state index is 11.6. The average Bonchev–Trinajstić information content (AvgIpc) is 2.41. The zero-order valence-corrected chi connectivity index (χ0v) is 12.1. The van der Waals surface area contributed by atoms with Gasteiger partial charge in [-0.15, -0.1) is 0 Å². The summed E-state index contributed by atoms with van der Waals surface area (Å²) in [7, 11) is 0. The second-order valence-corrected chi connectivity index (χ2v) is 5.27. The number of hydrogen-bond acceptors (Lipinski definition) is 2. The van der Waals surface area contributed by atoms with Gasteiger partial charge in [-0.1, -0.05) is 44.2 Å². The summed E-state index contributed by atoms with van der Waals surface area (Å²) in [5.41, 5.74) is 1.22. The quantitative estimate of drug-likeness (QED) is 0.671. The van der Waals surface area contributed by atoms with E-state index in [9.17, 15) is 4.79 Å². The zero-order valence-electron chi connectivity index (χ0n) is 12.1. The molecule has 0 spiro atoms. The first kappa shape index (κ1) is 15.7. The van der Waals surface area contributed by atoms with E-state index in [1.807, 2.05) is 18.2 Å². The third-order valence-electron chi connectivity index (χ3n) is 3.01. The summed E-state index contributed by atoms with van der Waals surface area (Å²) < 4.78 is 0. The molecule has 0 fully saturated rings. The molecule has 0 atom stereocenters. The van der Waals surface area contributed by atoms with E-state index in [1.54, 1.807) is 0 Å². The molecule has 1 amide bonds. The van der Waals surface area contributed by atoms with Crippen molar-refractivity contribution in [3.05, 3.63) is 35.9 Å². The van der Waals surface area contributed by atoms with Gasteiger partial charge in [0.25, 0.3) is 0 Å². The molecule has 1 aromatic rings. The zero-order chi connectivity index (χ0) is 13.9. The van der Waals surface area contributed by atoms with Crippen molar-refractivity contribution >= 4 is 5.91 Å². The van der Waals surface area contributed by atoms with Crippen molar-refractivity contribution in [2.24, 2.45) is 5.92 Å². The van der Waals surface area contributed by atoms with Crippen LogP contribution in [0.25, 0.3) is 0 Å². The molecule has 0 aliphatic carbocycles. The highest BCUT2D eigenvalue weighted by atomic mass is 16.1. The predicted molar refractivity (Wildman–Crippen MR) is 80.1 cm³/mol. The van der Waals surface area contributed by atoms with E-state index >= 15 is 0 Å². The predicted octanol–water partition coefficient (Wildman–Crippen LogP) is 2.37. The van der Waals surface area contributed by atoms with Gasteiger partial charge in [0.2, 0.25) is 5.91 Å². The molecule has 1 rings (SSSR count). The Labute approximate surface area is 116 Å². The summed E-state index contributed by atoms with van der Waals surface area (Å²) in [6.07, 6.45) is 2.56. The lowest BCUT2D eigenvalue weighted by Crippen LogP contribution is -2.32. The van der Waals surface area contributed by atoms with E-state index in [0.717, 1.165) is 25.4 Å².